The number of aromatic nitrogens is 1. The van der Waals surface area contributed by atoms with Crippen molar-refractivity contribution < 1.29 is 24.0 Å². The maximum atomic E-state index is 13.5. The molecule has 0 N–H and O–H groups in total. The molecule has 0 spiro atoms. The van der Waals surface area contributed by atoms with Gasteiger partial charge in [0.05, 0.1) is 30.2 Å². The van der Waals surface area contributed by atoms with Gasteiger partial charge in [0, 0.05) is 17.2 Å². The molecular formula is C24H30N2O4. The highest BCUT2D eigenvalue weighted by molar-refractivity contribution is 6.35. The second-order valence-electron chi connectivity index (χ2n) is 8.94. The summed E-state index contributed by atoms with van der Waals surface area (Å²) < 4.78 is -0.375. The highest BCUT2D eigenvalue weighted by Gasteiger charge is 2.57. The lowest BCUT2D eigenvalue weighted by atomic mass is 9.83. The molecular weight excluding hydrogens is 380 g/mol. The molecule has 0 bridgehead atoms. The zero-order valence-corrected chi connectivity index (χ0v) is 18.2. The van der Waals surface area contributed by atoms with Gasteiger partial charge in [-0.05, 0) is 25.0 Å². The average molecular weight is 411 g/mol. The Morgan fingerprint density at radius 3 is 2.47 bits per heavy atom. The third-order valence-corrected chi connectivity index (χ3v) is 6.71. The maximum Gasteiger partial charge on any atom is 0.382 e. The standard InChI is InChI=1S/C24H30N2O4/c1-5-14-26(22(28)21(27)24(3,4)6-2)15-13-17(20(26)23(29)30)19-12-11-16-9-7-8-10-18(16)25-19/h7-12,17,20H,5-6,13-15H2,1-4H3/t17?,20-,26?/m0/s1. The number of carboxylic acids is 1. The van der Waals surface area contributed by atoms with Gasteiger partial charge in [0.15, 0.2) is 0 Å². The first-order valence-electron chi connectivity index (χ1n) is 10.7. The first-order valence-corrected chi connectivity index (χ1v) is 10.7. The van der Waals surface area contributed by atoms with E-state index in [0.29, 0.717) is 38.0 Å². The Hall–Kier alpha value is -2.60. The number of carbonyl (C=O) groups is 3. The van der Waals surface area contributed by atoms with Crippen molar-refractivity contribution in [2.75, 3.05) is 13.1 Å². The van der Waals surface area contributed by atoms with Crippen LogP contribution < -0.4 is 5.11 Å². The number of Topliss-reactive ketones (excluding diaryl/α,β-unsaturated/α-hetero) is 1. The molecule has 0 aliphatic carbocycles. The predicted molar refractivity (Wildman–Crippen MR) is 112 cm³/mol. The number of carbonyl (C=O) groups excluding carboxylic acids is 3. The molecule has 2 aromatic rings. The van der Waals surface area contributed by atoms with Gasteiger partial charge in [-0.3, -0.25) is 9.78 Å². The van der Waals surface area contributed by atoms with E-state index in [1.165, 1.54) is 0 Å². The molecule has 160 valence electrons. The molecule has 2 unspecified atom stereocenters. The molecule has 1 aliphatic heterocycles. The fourth-order valence-electron chi connectivity index (χ4n) is 4.61. The largest absolute Gasteiger partial charge is 0.544 e. The molecule has 3 atom stereocenters. The van der Waals surface area contributed by atoms with Crippen molar-refractivity contribution in [3.05, 3.63) is 42.1 Å². The summed E-state index contributed by atoms with van der Waals surface area (Å²) >= 11 is 0. The molecule has 2 heterocycles. The summed E-state index contributed by atoms with van der Waals surface area (Å²) in [4.78, 5) is 43.6. The average Bonchev–Trinajstić information content (AvgIpc) is 3.13. The van der Waals surface area contributed by atoms with E-state index in [2.05, 4.69) is 4.98 Å². The van der Waals surface area contributed by atoms with E-state index in [4.69, 9.17) is 0 Å². The number of pyridine rings is 1. The van der Waals surface area contributed by atoms with Crippen LogP contribution in [-0.2, 0) is 14.4 Å². The maximum absolute atomic E-state index is 13.5. The van der Waals surface area contributed by atoms with Crippen LogP contribution in [0, 0.1) is 5.41 Å². The number of quaternary nitrogens is 1. The number of fused-ring (bicyclic) bond motifs is 1. The zero-order chi connectivity index (χ0) is 22.1. The van der Waals surface area contributed by atoms with Gasteiger partial charge in [0.1, 0.15) is 12.0 Å². The number of hydrogen-bond donors (Lipinski definition) is 0. The summed E-state index contributed by atoms with van der Waals surface area (Å²) in [6.07, 6.45) is 1.57. The van der Waals surface area contributed by atoms with Crippen molar-refractivity contribution in [3.63, 3.8) is 0 Å². The van der Waals surface area contributed by atoms with Gasteiger partial charge in [0.2, 0.25) is 0 Å². The lowest BCUT2D eigenvalue weighted by Crippen LogP contribution is -2.65. The lowest BCUT2D eigenvalue weighted by Gasteiger charge is -2.39. The van der Waals surface area contributed by atoms with Crippen LogP contribution in [0.4, 0.5) is 0 Å². The number of likely N-dealkylation sites (tertiary alicyclic amines) is 1. The summed E-state index contributed by atoms with van der Waals surface area (Å²) in [5.74, 6) is -2.89. The van der Waals surface area contributed by atoms with E-state index in [1.807, 2.05) is 50.2 Å². The van der Waals surface area contributed by atoms with Gasteiger partial charge in [-0.1, -0.05) is 52.0 Å². The molecule has 0 radical (unpaired) electrons. The molecule has 1 aromatic heterocycles. The Morgan fingerprint density at radius 2 is 1.83 bits per heavy atom. The number of rotatable bonds is 7. The lowest BCUT2D eigenvalue weighted by molar-refractivity contribution is -0.858. The summed E-state index contributed by atoms with van der Waals surface area (Å²) in [6, 6.07) is 10.3. The molecule has 1 saturated heterocycles. The molecule has 1 aliphatic rings. The van der Waals surface area contributed by atoms with E-state index >= 15 is 0 Å². The van der Waals surface area contributed by atoms with Gasteiger partial charge in [-0.25, -0.2) is 9.28 Å². The number of hydrogen-bond acceptors (Lipinski definition) is 5. The summed E-state index contributed by atoms with van der Waals surface area (Å²) in [7, 11) is 0. The van der Waals surface area contributed by atoms with Crippen molar-refractivity contribution in [2.24, 2.45) is 5.41 Å². The van der Waals surface area contributed by atoms with E-state index in [0.717, 1.165) is 10.9 Å². The summed E-state index contributed by atoms with van der Waals surface area (Å²) in [6.45, 7) is 7.83. The predicted octanol–water partition coefficient (Wildman–Crippen LogP) is 2.60. The van der Waals surface area contributed by atoms with Crippen LogP contribution in [0.3, 0.4) is 0 Å². The van der Waals surface area contributed by atoms with Crippen LogP contribution in [0.25, 0.3) is 10.9 Å². The minimum absolute atomic E-state index is 0.299. The zero-order valence-electron chi connectivity index (χ0n) is 18.2. The normalized spacial score (nSPS) is 24.1. The molecule has 1 aromatic carbocycles. The fraction of sp³-hybridized carbons (Fsp3) is 0.500. The molecule has 0 saturated carbocycles. The van der Waals surface area contributed by atoms with E-state index in [1.54, 1.807) is 13.8 Å². The minimum atomic E-state index is -1.30. The smallest absolute Gasteiger partial charge is 0.382 e. The molecule has 3 rings (SSSR count). The number of carboxylic acid groups (broad SMARTS) is 1. The molecule has 1 fully saturated rings. The van der Waals surface area contributed by atoms with Crippen LogP contribution in [0.1, 0.15) is 58.6 Å². The quantitative estimate of drug-likeness (QED) is 0.517. The Labute approximate surface area is 177 Å². The van der Waals surface area contributed by atoms with E-state index in [-0.39, 0.29) is 4.48 Å². The number of ketones is 1. The number of para-hydroxylation sites is 1. The van der Waals surface area contributed by atoms with Gasteiger partial charge < -0.3 is 9.90 Å². The van der Waals surface area contributed by atoms with Gasteiger partial charge in [0.25, 0.3) is 5.78 Å². The Balaban J connectivity index is 2.07. The van der Waals surface area contributed by atoms with E-state index in [9.17, 15) is 19.5 Å². The topological polar surface area (TPSA) is 87.2 Å². The molecule has 6 nitrogen and oxygen atoms in total. The van der Waals surface area contributed by atoms with Crippen LogP contribution in [0.5, 0.6) is 0 Å². The van der Waals surface area contributed by atoms with Crippen molar-refractivity contribution in [1.29, 1.82) is 0 Å². The number of benzene rings is 1. The van der Waals surface area contributed by atoms with Crippen molar-refractivity contribution in [3.8, 4) is 0 Å². The monoisotopic (exact) mass is 410 g/mol. The first kappa shape index (κ1) is 22.1. The minimum Gasteiger partial charge on any atom is -0.544 e. The van der Waals surface area contributed by atoms with E-state index < -0.39 is 35.0 Å². The number of aliphatic carboxylic acids is 1. The highest BCUT2D eigenvalue weighted by Crippen LogP contribution is 2.40. The second kappa shape index (κ2) is 8.26. The third kappa shape index (κ3) is 3.65. The molecule has 30 heavy (non-hydrogen) atoms. The van der Waals surface area contributed by atoms with Crippen LogP contribution >= 0.6 is 0 Å². The first-order chi connectivity index (χ1) is 14.2. The van der Waals surface area contributed by atoms with Crippen molar-refractivity contribution in [2.45, 2.75) is 58.9 Å². The van der Waals surface area contributed by atoms with Crippen LogP contribution in [-0.4, -0.2) is 46.3 Å². The van der Waals surface area contributed by atoms with Gasteiger partial charge in [-0.15, -0.1) is 0 Å². The van der Waals surface area contributed by atoms with Crippen LogP contribution in [0.15, 0.2) is 36.4 Å². The fourth-order valence-corrected chi connectivity index (χ4v) is 4.61. The highest BCUT2D eigenvalue weighted by atomic mass is 16.4. The number of nitrogens with zero attached hydrogens (tertiary/aromatic N) is 2. The summed E-state index contributed by atoms with van der Waals surface area (Å²) in [5.41, 5.74) is 0.586. The van der Waals surface area contributed by atoms with Crippen LogP contribution in [0.2, 0.25) is 0 Å². The third-order valence-electron chi connectivity index (χ3n) is 6.71. The van der Waals surface area contributed by atoms with Crippen molar-refractivity contribution >= 4 is 28.6 Å². The summed E-state index contributed by atoms with van der Waals surface area (Å²) in [5, 5.41) is 13.3. The Bertz CT molecular complexity index is 984. The molecule has 1 amide bonds. The SMILES string of the molecule is CCC[N+]1(C(=O)C(=O)C(C)(C)CC)CCC(c2ccc3ccccc3n2)[C@H]1C(=O)[O-]. The van der Waals surface area contributed by atoms with Crippen molar-refractivity contribution in [1.82, 2.24) is 4.98 Å². The Morgan fingerprint density at radius 1 is 1.13 bits per heavy atom. The van der Waals surface area contributed by atoms with Gasteiger partial charge in [-0.2, -0.15) is 0 Å². The Kier molecular flexibility index (Phi) is 6.09. The second-order valence-corrected chi connectivity index (χ2v) is 8.94. The number of amides is 1. The molecule has 6 heteroatoms. The van der Waals surface area contributed by atoms with Gasteiger partial charge >= 0.3 is 5.91 Å².